The van der Waals surface area contributed by atoms with Crippen molar-refractivity contribution >= 4 is 32.3 Å². The van der Waals surface area contributed by atoms with Crippen LogP contribution in [0.2, 0.25) is 0 Å². The first-order valence-electron chi connectivity index (χ1n) is 12.4. The van der Waals surface area contributed by atoms with Gasteiger partial charge in [-0.15, -0.1) is 0 Å². The molecule has 0 atom stereocenters. The Bertz CT molecular complexity index is 1200. The Hall–Kier alpha value is -2.38. The Morgan fingerprint density at radius 3 is 1.72 bits per heavy atom. The minimum absolute atomic E-state index is 0.0491. The van der Waals surface area contributed by atoms with Gasteiger partial charge in [-0.2, -0.15) is 0 Å². The van der Waals surface area contributed by atoms with E-state index in [-0.39, 0.29) is 16.6 Å². The maximum atomic E-state index is 10.2. The summed E-state index contributed by atoms with van der Waals surface area (Å²) in [6.07, 6.45) is 5.96. The zero-order valence-electron chi connectivity index (χ0n) is 20.7. The van der Waals surface area contributed by atoms with Crippen molar-refractivity contribution in [3.8, 4) is 11.1 Å². The number of thiophene rings is 1. The molecule has 36 heavy (non-hydrogen) atoms. The molecule has 0 radical (unpaired) electrons. The van der Waals surface area contributed by atoms with E-state index in [0.29, 0.717) is 6.42 Å². The van der Waals surface area contributed by atoms with Gasteiger partial charge >= 0.3 is 0 Å². The van der Waals surface area contributed by atoms with E-state index in [1.165, 1.54) is 38.0 Å². The van der Waals surface area contributed by atoms with E-state index in [9.17, 15) is 13.0 Å². The lowest BCUT2D eigenvalue weighted by molar-refractivity contribution is 0.459. The van der Waals surface area contributed by atoms with Crippen molar-refractivity contribution in [1.82, 2.24) is 0 Å². The van der Waals surface area contributed by atoms with Gasteiger partial charge in [0.1, 0.15) is 10.9 Å². The maximum Gasteiger partial charge on any atom is 0.220 e. The molecule has 0 saturated heterocycles. The second-order valence-electron chi connectivity index (χ2n) is 8.48. The van der Waals surface area contributed by atoms with Crippen molar-refractivity contribution in [2.45, 2.75) is 59.4 Å². The molecule has 0 amide bonds. The van der Waals surface area contributed by atoms with Crippen LogP contribution in [-0.2, 0) is 21.0 Å². The van der Waals surface area contributed by atoms with Gasteiger partial charge in [0.2, 0.25) is 4.21 Å². The minimum Gasteiger partial charge on any atom is -0.748 e. The van der Waals surface area contributed by atoms with E-state index in [4.69, 9.17) is 0 Å². The van der Waals surface area contributed by atoms with Crippen LogP contribution < -0.4 is 0 Å². The summed E-state index contributed by atoms with van der Waals surface area (Å²) in [4.78, 5) is 2.73. The molecule has 0 spiro atoms. The molecule has 6 heteroatoms. The molecule has 190 valence electrons. The molecule has 0 aliphatic rings. The predicted octanol–water partition coefficient (Wildman–Crippen LogP) is 8.40. The van der Waals surface area contributed by atoms with Gasteiger partial charge in [0.05, 0.1) is 10.1 Å². The molecule has 0 aliphatic carbocycles. The molecule has 0 bridgehead atoms. The highest BCUT2D eigenvalue weighted by Crippen LogP contribution is 2.37. The van der Waals surface area contributed by atoms with Gasteiger partial charge in [0.15, 0.2) is 9.79 Å². The fourth-order valence-electron chi connectivity index (χ4n) is 3.75. The largest absolute Gasteiger partial charge is 0.748 e. The number of unbranched alkanes of at least 4 members (excludes halogenated alkanes) is 5. The first kappa shape index (κ1) is 28.2. The number of hydrogen-bond donors (Lipinski definition) is 0. The van der Waals surface area contributed by atoms with Crippen molar-refractivity contribution in [2.24, 2.45) is 0 Å². The molecule has 0 saturated carbocycles. The second kappa shape index (κ2) is 15.0. The molecule has 1 heterocycles. The summed E-state index contributed by atoms with van der Waals surface area (Å²) in [7, 11) is -4.02. The Labute approximate surface area is 223 Å². The Morgan fingerprint density at radius 2 is 1.19 bits per heavy atom. The van der Waals surface area contributed by atoms with Crippen molar-refractivity contribution < 1.29 is 13.0 Å². The minimum atomic E-state index is -3.97. The first-order valence-corrected chi connectivity index (χ1v) is 16.1. The maximum absolute atomic E-state index is 10.2. The van der Waals surface area contributed by atoms with Gasteiger partial charge in [-0.05, 0) is 41.8 Å². The van der Waals surface area contributed by atoms with Crippen molar-refractivity contribution in [3.63, 3.8) is 0 Å². The zero-order valence-corrected chi connectivity index (χ0v) is 23.2. The van der Waals surface area contributed by atoms with Crippen LogP contribution in [0.4, 0.5) is 0 Å². The molecule has 4 aromatic rings. The van der Waals surface area contributed by atoms with Crippen LogP contribution in [0.25, 0.3) is 11.1 Å². The summed E-state index contributed by atoms with van der Waals surface area (Å²) < 4.78 is 31.9. The number of benzene rings is 3. The van der Waals surface area contributed by atoms with E-state index in [0.717, 1.165) is 19.3 Å². The van der Waals surface area contributed by atoms with E-state index in [1.807, 2.05) is 11.3 Å². The van der Waals surface area contributed by atoms with E-state index >= 15 is 0 Å². The number of rotatable bonds is 11. The third kappa shape index (κ3) is 9.58. The topological polar surface area (TPSA) is 57.2 Å². The summed E-state index contributed by atoms with van der Waals surface area (Å²) >= 11 is 1.85. The molecule has 4 rings (SSSR count). The van der Waals surface area contributed by atoms with Crippen LogP contribution in [0.5, 0.6) is 0 Å². The van der Waals surface area contributed by atoms with E-state index in [2.05, 4.69) is 109 Å². The average molecular weight is 539 g/mol. The summed E-state index contributed by atoms with van der Waals surface area (Å²) in [5, 5.41) is 2.27. The number of hydrogen-bond acceptors (Lipinski definition) is 4. The Kier molecular flexibility index (Phi) is 11.8. The molecule has 0 fully saturated rings. The van der Waals surface area contributed by atoms with Gasteiger partial charge in [-0.1, -0.05) is 117 Å². The highest BCUT2D eigenvalue weighted by atomic mass is 32.2. The molecular formula is C30H34O3S3. The monoisotopic (exact) mass is 538 g/mol. The van der Waals surface area contributed by atoms with Crippen molar-refractivity contribution in [1.29, 1.82) is 0 Å². The molecule has 0 unspecified atom stereocenters. The Morgan fingerprint density at radius 1 is 0.694 bits per heavy atom. The molecule has 0 N–H and O–H groups in total. The summed E-state index contributed by atoms with van der Waals surface area (Å²) in [5.74, 6) is -0.195. The second-order valence-corrected chi connectivity index (χ2v) is 13.2. The standard InChI is InChI=1S/C22H17S2.C8H18O3S/c1-4-10-18(11-5-1)19-16-22(23-17-19)24(20-12-6-2-7-13-20)21-14-8-3-9-15-21;1-2-3-4-5-6-7-8-12(9,10)11/h1-17H;2-8H2,1H3,(H,9,10,11)/q+1;/p-1. The van der Waals surface area contributed by atoms with Crippen molar-refractivity contribution in [3.05, 3.63) is 102 Å². The van der Waals surface area contributed by atoms with Gasteiger partial charge in [0, 0.05) is 17.2 Å². The first-order chi connectivity index (χ1) is 17.5. The molecular weight excluding hydrogens is 505 g/mol. The normalized spacial score (nSPS) is 11.2. The van der Waals surface area contributed by atoms with Gasteiger partial charge in [-0.25, -0.2) is 8.42 Å². The van der Waals surface area contributed by atoms with Crippen LogP contribution in [0.3, 0.4) is 0 Å². The predicted molar refractivity (Wildman–Crippen MR) is 153 cm³/mol. The molecule has 1 aromatic heterocycles. The molecule has 3 aromatic carbocycles. The van der Waals surface area contributed by atoms with Crippen LogP contribution in [-0.4, -0.2) is 18.7 Å². The van der Waals surface area contributed by atoms with Gasteiger partial charge in [-0.3, -0.25) is 0 Å². The van der Waals surface area contributed by atoms with Crippen LogP contribution in [0.1, 0.15) is 45.4 Å². The van der Waals surface area contributed by atoms with Crippen LogP contribution in [0.15, 0.2) is 116 Å². The van der Waals surface area contributed by atoms with E-state index < -0.39 is 10.1 Å². The van der Waals surface area contributed by atoms with Crippen molar-refractivity contribution in [2.75, 3.05) is 5.75 Å². The highest BCUT2D eigenvalue weighted by molar-refractivity contribution is 7.98. The summed E-state index contributed by atoms with van der Waals surface area (Å²) in [5.41, 5.74) is 2.59. The third-order valence-electron chi connectivity index (χ3n) is 5.59. The van der Waals surface area contributed by atoms with Crippen LogP contribution in [0, 0.1) is 0 Å². The van der Waals surface area contributed by atoms with Crippen LogP contribution >= 0.6 is 11.3 Å². The fraction of sp³-hybridized carbons (Fsp3) is 0.267. The lowest BCUT2D eigenvalue weighted by Gasteiger charge is -2.05. The average Bonchev–Trinajstić information content (AvgIpc) is 3.38. The summed E-state index contributed by atoms with van der Waals surface area (Å²) in [6.45, 7) is 2.13. The fourth-order valence-corrected chi connectivity index (χ4v) is 7.89. The SMILES string of the molecule is CCCCCCCCS(=O)(=O)[O-].c1ccc(-c2csc([S+](c3ccccc3)c3ccccc3)c2)cc1. The lowest BCUT2D eigenvalue weighted by atomic mass is 10.1. The summed E-state index contributed by atoms with van der Waals surface area (Å²) in [6, 6.07) is 34.6. The quantitative estimate of drug-likeness (QED) is 0.109. The third-order valence-corrected chi connectivity index (χ3v) is 9.90. The van der Waals surface area contributed by atoms with Gasteiger partial charge < -0.3 is 4.55 Å². The molecule has 0 aliphatic heterocycles. The zero-order chi connectivity index (χ0) is 25.6. The smallest absolute Gasteiger partial charge is 0.220 e. The van der Waals surface area contributed by atoms with Gasteiger partial charge in [0.25, 0.3) is 0 Å². The Balaban J connectivity index is 0.000000257. The highest BCUT2D eigenvalue weighted by Gasteiger charge is 2.30. The van der Waals surface area contributed by atoms with E-state index in [1.54, 1.807) is 0 Å². The lowest BCUT2D eigenvalue weighted by Crippen LogP contribution is -2.03. The molecule has 3 nitrogen and oxygen atoms in total.